The summed E-state index contributed by atoms with van der Waals surface area (Å²) in [4.78, 5) is 12.6. The minimum atomic E-state index is -0.394. The number of aliphatic hydroxyl groups excluding tert-OH is 1. The highest BCUT2D eigenvalue weighted by Crippen LogP contribution is 2.26. The molecule has 1 saturated heterocycles. The van der Waals surface area contributed by atoms with E-state index in [-0.39, 0.29) is 11.8 Å². The number of anilines is 1. The molecule has 0 saturated carbocycles. The lowest BCUT2D eigenvalue weighted by Gasteiger charge is -2.15. The molecule has 0 amide bonds. The molecule has 1 aromatic rings. The van der Waals surface area contributed by atoms with Crippen LogP contribution in [0.2, 0.25) is 0 Å². The number of nitrogens with zero attached hydrogens (tertiary/aromatic N) is 2. The van der Waals surface area contributed by atoms with E-state index in [2.05, 4.69) is 10.2 Å². The van der Waals surface area contributed by atoms with Crippen LogP contribution in [-0.4, -0.2) is 41.2 Å². The second-order valence-corrected chi connectivity index (χ2v) is 4.54. The van der Waals surface area contributed by atoms with Crippen LogP contribution in [0.1, 0.15) is 12.0 Å². The first kappa shape index (κ1) is 12.8. The lowest BCUT2D eigenvalue weighted by Crippen LogP contribution is -2.21. The van der Waals surface area contributed by atoms with Gasteiger partial charge in [0.25, 0.3) is 5.69 Å². The summed E-state index contributed by atoms with van der Waals surface area (Å²) in [5.41, 5.74) is 1.62. The number of aliphatic hydroxyl groups is 1. The minimum Gasteiger partial charge on any atom is -0.392 e. The third kappa shape index (κ3) is 2.77. The maximum atomic E-state index is 10.8. The summed E-state index contributed by atoms with van der Waals surface area (Å²) >= 11 is 0. The minimum absolute atomic E-state index is 0.0858. The van der Waals surface area contributed by atoms with E-state index >= 15 is 0 Å². The fourth-order valence-corrected chi connectivity index (χ4v) is 2.26. The molecule has 1 aliphatic rings. The summed E-state index contributed by atoms with van der Waals surface area (Å²) < 4.78 is 0. The Morgan fingerprint density at radius 3 is 2.94 bits per heavy atom. The van der Waals surface area contributed by atoms with Gasteiger partial charge in [0.2, 0.25) is 0 Å². The highest BCUT2D eigenvalue weighted by Gasteiger charge is 2.21. The standard InChI is InChI=1S/C12H17N3O3/c1-13-11-6-9(2-3-12(11)15(17)18)7-14-5-4-10(16)8-14/h2-3,6,10,13,16H,4-5,7-8H2,1H3. The van der Waals surface area contributed by atoms with Crippen molar-refractivity contribution in [3.63, 3.8) is 0 Å². The first-order valence-corrected chi connectivity index (χ1v) is 5.95. The number of β-amino-alcohol motifs (C(OH)–C–C–N with tert-alkyl or cyclic N) is 1. The summed E-state index contributed by atoms with van der Waals surface area (Å²) in [6, 6.07) is 5.08. The normalized spacial score (nSPS) is 20.0. The SMILES string of the molecule is CNc1cc(CN2CCC(O)C2)ccc1[N+](=O)[O-]. The van der Waals surface area contributed by atoms with Crippen LogP contribution in [0.3, 0.4) is 0 Å². The van der Waals surface area contributed by atoms with Crippen molar-refractivity contribution in [2.24, 2.45) is 0 Å². The van der Waals surface area contributed by atoms with Crippen LogP contribution in [-0.2, 0) is 6.54 Å². The lowest BCUT2D eigenvalue weighted by atomic mass is 10.1. The molecule has 0 aromatic heterocycles. The Morgan fingerprint density at radius 1 is 1.61 bits per heavy atom. The van der Waals surface area contributed by atoms with Gasteiger partial charge in [0, 0.05) is 32.7 Å². The van der Waals surface area contributed by atoms with Gasteiger partial charge in [0.05, 0.1) is 11.0 Å². The topological polar surface area (TPSA) is 78.6 Å². The number of nitro benzene ring substituents is 1. The van der Waals surface area contributed by atoms with Gasteiger partial charge >= 0.3 is 0 Å². The molecule has 2 N–H and O–H groups in total. The molecule has 18 heavy (non-hydrogen) atoms. The van der Waals surface area contributed by atoms with E-state index in [0.29, 0.717) is 18.8 Å². The second kappa shape index (κ2) is 5.32. The molecule has 98 valence electrons. The van der Waals surface area contributed by atoms with Crippen molar-refractivity contribution < 1.29 is 10.0 Å². The number of hydrogen-bond donors (Lipinski definition) is 2. The van der Waals surface area contributed by atoms with Crippen molar-refractivity contribution in [3.05, 3.63) is 33.9 Å². The smallest absolute Gasteiger partial charge is 0.292 e. The maximum absolute atomic E-state index is 10.8. The summed E-state index contributed by atoms with van der Waals surface area (Å²) in [7, 11) is 1.67. The monoisotopic (exact) mass is 251 g/mol. The molecule has 1 atom stereocenters. The van der Waals surface area contributed by atoms with Gasteiger partial charge in [-0.1, -0.05) is 6.07 Å². The van der Waals surface area contributed by atoms with Gasteiger partial charge in [-0.25, -0.2) is 0 Å². The van der Waals surface area contributed by atoms with E-state index < -0.39 is 4.92 Å². The molecule has 0 bridgehead atoms. The van der Waals surface area contributed by atoms with Gasteiger partial charge in [-0.3, -0.25) is 15.0 Å². The van der Waals surface area contributed by atoms with Gasteiger partial charge in [0.1, 0.15) is 5.69 Å². The van der Waals surface area contributed by atoms with E-state index in [1.54, 1.807) is 19.2 Å². The van der Waals surface area contributed by atoms with Crippen LogP contribution in [0, 0.1) is 10.1 Å². The van der Waals surface area contributed by atoms with Gasteiger partial charge < -0.3 is 10.4 Å². The Labute approximate surface area is 105 Å². The predicted octanol–water partition coefficient (Wildman–Crippen LogP) is 1.20. The summed E-state index contributed by atoms with van der Waals surface area (Å²) in [6.07, 6.45) is 0.554. The average molecular weight is 251 g/mol. The number of hydrogen-bond acceptors (Lipinski definition) is 5. The summed E-state index contributed by atoms with van der Waals surface area (Å²) in [5.74, 6) is 0. The molecule has 6 heteroatoms. The maximum Gasteiger partial charge on any atom is 0.292 e. The highest BCUT2D eigenvalue weighted by molar-refractivity contribution is 5.62. The Morgan fingerprint density at radius 2 is 2.39 bits per heavy atom. The Kier molecular flexibility index (Phi) is 3.78. The van der Waals surface area contributed by atoms with E-state index in [4.69, 9.17) is 0 Å². The van der Waals surface area contributed by atoms with Crippen LogP contribution in [0.4, 0.5) is 11.4 Å². The molecule has 6 nitrogen and oxygen atoms in total. The third-order valence-corrected chi connectivity index (χ3v) is 3.18. The van der Waals surface area contributed by atoms with E-state index in [1.807, 2.05) is 0 Å². The van der Waals surface area contributed by atoms with Crippen molar-refractivity contribution in [3.8, 4) is 0 Å². The summed E-state index contributed by atoms with van der Waals surface area (Å²) in [5, 5.41) is 23.1. The molecule has 1 aromatic carbocycles. The molecule has 2 rings (SSSR count). The molecule has 0 radical (unpaired) electrons. The van der Waals surface area contributed by atoms with Crippen molar-refractivity contribution in [1.29, 1.82) is 0 Å². The zero-order valence-electron chi connectivity index (χ0n) is 10.3. The van der Waals surface area contributed by atoms with Crippen molar-refractivity contribution in [2.45, 2.75) is 19.1 Å². The third-order valence-electron chi connectivity index (χ3n) is 3.18. The zero-order chi connectivity index (χ0) is 13.1. The number of rotatable bonds is 4. The number of benzene rings is 1. The first-order chi connectivity index (χ1) is 8.60. The Balaban J connectivity index is 2.12. The van der Waals surface area contributed by atoms with Crippen molar-refractivity contribution in [2.75, 3.05) is 25.5 Å². The molecule has 1 fully saturated rings. The quantitative estimate of drug-likeness (QED) is 0.621. The lowest BCUT2D eigenvalue weighted by molar-refractivity contribution is -0.384. The van der Waals surface area contributed by atoms with Crippen molar-refractivity contribution >= 4 is 11.4 Å². The van der Waals surface area contributed by atoms with Crippen LogP contribution in [0.25, 0.3) is 0 Å². The Bertz CT molecular complexity index is 450. The molecular weight excluding hydrogens is 234 g/mol. The second-order valence-electron chi connectivity index (χ2n) is 4.54. The molecule has 0 spiro atoms. The largest absolute Gasteiger partial charge is 0.392 e. The fourth-order valence-electron chi connectivity index (χ4n) is 2.26. The van der Waals surface area contributed by atoms with Gasteiger partial charge in [-0.05, 0) is 18.1 Å². The predicted molar refractivity (Wildman–Crippen MR) is 68.5 cm³/mol. The number of nitrogens with one attached hydrogen (secondary N) is 1. The van der Waals surface area contributed by atoms with Crippen LogP contribution in [0.5, 0.6) is 0 Å². The average Bonchev–Trinajstić information content (AvgIpc) is 2.74. The summed E-state index contributed by atoms with van der Waals surface area (Å²) in [6.45, 7) is 2.25. The Hall–Kier alpha value is -1.66. The molecule has 1 unspecified atom stereocenters. The molecule has 1 aliphatic heterocycles. The highest BCUT2D eigenvalue weighted by atomic mass is 16.6. The number of nitro groups is 1. The first-order valence-electron chi connectivity index (χ1n) is 5.95. The van der Waals surface area contributed by atoms with Crippen LogP contribution < -0.4 is 5.32 Å². The zero-order valence-corrected chi connectivity index (χ0v) is 10.3. The van der Waals surface area contributed by atoms with E-state index in [1.165, 1.54) is 6.07 Å². The molecule has 1 heterocycles. The van der Waals surface area contributed by atoms with Gasteiger partial charge in [0.15, 0.2) is 0 Å². The fraction of sp³-hybridized carbons (Fsp3) is 0.500. The van der Waals surface area contributed by atoms with Crippen molar-refractivity contribution in [1.82, 2.24) is 4.90 Å². The molecule has 0 aliphatic carbocycles. The molecular formula is C12H17N3O3. The van der Waals surface area contributed by atoms with Crippen LogP contribution in [0.15, 0.2) is 18.2 Å². The number of likely N-dealkylation sites (tertiary alicyclic amines) is 1. The van der Waals surface area contributed by atoms with E-state index in [9.17, 15) is 15.2 Å². The van der Waals surface area contributed by atoms with Crippen LogP contribution >= 0.6 is 0 Å². The van der Waals surface area contributed by atoms with Gasteiger partial charge in [-0.15, -0.1) is 0 Å². The van der Waals surface area contributed by atoms with Gasteiger partial charge in [-0.2, -0.15) is 0 Å². The van der Waals surface area contributed by atoms with E-state index in [0.717, 1.165) is 18.5 Å².